The quantitative estimate of drug-likeness (QED) is 0.629. The van der Waals surface area contributed by atoms with E-state index in [-0.39, 0.29) is 12.5 Å². The fraction of sp³-hybridized carbons (Fsp3) is 0.176. The largest absolute Gasteiger partial charge is 0.482 e. The van der Waals surface area contributed by atoms with E-state index >= 15 is 0 Å². The predicted molar refractivity (Wildman–Crippen MR) is 93.4 cm³/mol. The Morgan fingerprint density at radius 2 is 1.91 bits per heavy atom. The Kier molecular flexibility index (Phi) is 6.44. The molecule has 0 aliphatic carbocycles. The molecule has 2 rings (SSSR count). The number of hydrogen-bond acceptors (Lipinski definition) is 3. The summed E-state index contributed by atoms with van der Waals surface area (Å²) >= 11 is 11.8. The Morgan fingerprint density at radius 3 is 2.61 bits per heavy atom. The van der Waals surface area contributed by atoms with Gasteiger partial charge in [0.25, 0.3) is 5.91 Å². The van der Waals surface area contributed by atoms with Crippen molar-refractivity contribution >= 4 is 34.8 Å². The van der Waals surface area contributed by atoms with Crippen molar-refractivity contribution in [2.45, 2.75) is 13.3 Å². The number of nitrogens with one attached hydrogen (secondary N) is 1. The van der Waals surface area contributed by atoms with Crippen molar-refractivity contribution in [3.05, 3.63) is 64.1 Å². The topological polar surface area (TPSA) is 50.7 Å². The van der Waals surface area contributed by atoms with Crippen LogP contribution in [0.4, 0.5) is 0 Å². The van der Waals surface area contributed by atoms with Gasteiger partial charge in [-0.05, 0) is 30.7 Å². The number of hydrogen-bond donors (Lipinski definition) is 1. The third-order valence-corrected chi connectivity index (χ3v) is 3.46. The molecule has 2 aromatic rings. The predicted octanol–water partition coefficient (Wildman–Crippen LogP) is 4.11. The summed E-state index contributed by atoms with van der Waals surface area (Å²) in [7, 11) is 0. The van der Waals surface area contributed by atoms with E-state index in [1.54, 1.807) is 18.2 Å². The van der Waals surface area contributed by atoms with Crippen molar-refractivity contribution < 1.29 is 9.53 Å². The van der Waals surface area contributed by atoms with E-state index in [0.29, 0.717) is 22.2 Å². The van der Waals surface area contributed by atoms with Crippen LogP contribution < -0.4 is 10.2 Å². The van der Waals surface area contributed by atoms with Crippen molar-refractivity contribution in [2.24, 2.45) is 5.10 Å². The van der Waals surface area contributed by atoms with Crippen LogP contribution in [0.1, 0.15) is 12.5 Å². The molecule has 0 aliphatic heterocycles. The molecule has 0 unspecified atom stereocenters. The molecule has 23 heavy (non-hydrogen) atoms. The molecule has 1 amide bonds. The smallest absolute Gasteiger partial charge is 0.277 e. The minimum Gasteiger partial charge on any atom is -0.482 e. The molecule has 1 N–H and O–H groups in total. The Labute approximate surface area is 145 Å². The van der Waals surface area contributed by atoms with Gasteiger partial charge in [-0.3, -0.25) is 4.79 Å². The molecule has 0 spiro atoms. The van der Waals surface area contributed by atoms with Gasteiger partial charge in [-0.2, -0.15) is 5.10 Å². The molecular formula is C17H16Cl2N2O2. The molecule has 0 fully saturated rings. The number of halogens is 2. The van der Waals surface area contributed by atoms with E-state index < -0.39 is 0 Å². The molecule has 120 valence electrons. The highest BCUT2D eigenvalue weighted by molar-refractivity contribution is 6.35. The molecular weight excluding hydrogens is 335 g/mol. The van der Waals surface area contributed by atoms with E-state index in [2.05, 4.69) is 10.5 Å². The summed E-state index contributed by atoms with van der Waals surface area (Å²) in [6.07, 6.45) is 0.672. The Balaban J connectivity index is 1.81. The summed E-state index contributed by atoms with van der Waals surface area (Å²) in [6.45, 7) is 1.67. The van der Waals surface area contributed by atoms with Crippen LogP contribution in [0, 0.1) is 0 Å². The highest BCUT2D eigenvalue weighted by Gasteiger charge is 2.06. The van der Waals surface area contributed by atoms with E-state index in [1.807, 2.05) is 37.3 Å². The lowest BCUT2D eigenvalue weighted by molar-refractivity contribution is -0.123. The third-order valence-electron chi connectivity index (χ3n) is 2.93. The Morgan fingerprint density at radius 1 is 1.17 bits per heavy atom. The minimum absolute atomic E-state index is 0.177. The van der Waals surface area contributed by atoms with Gasteiger partial charge < -0.3 is 4.74 Å². The van der Waals surface area contributed by atoms with Crippen LogP contribution in [0.2, 0.25) is 10.0 Å². The van der Waals surface area contributed by atoms with Crippen molar-refractivity contribution in [2.75, 3.05) is 6.61 Å². The third kappa shape index (κ3) is 5.93. The highest BCUT2D eigenvalue weighted by Crippen LogP contribution is 2.27. The first-order valence-corrected chi connectivity index (χ1v) is 7.74. The average molecular weight is 351 g/mol. The maximum atomic E-state index is 11.7. The van der Waals surface area contributed by atoms with Gasteiger partial charge >= 0.3 is 0 Å². The number of ether oxygens (including phenoxy) is 1. The van der Waals surface area contributed by atoms with Gasteiger partial charge in [-0.15, -0.1) is 0 Å². The van der Waals surface area contributed by atoms with E-state index in [1.165, 1.54) is 0 Å². The molecule has 0 bridgehead atoms. The fourth-order valence-electron chi connectivity index (χ4n) is 1.86. The SMILES string of the molecule is C/C(Cc1ccccc1)=N\NC(=O)COc1ccc(Cl)cc1Cl. The van der Waals surface area contributed by atoms with Crippen LogP contribution in [0.3, 0.4) is 0 Å². The van der Waals surface area contributed by atoms with Crippen LogP contribution in [0.15, 0.2) is 53.6 Å². The van der Waals surface area contributed by atoms with Gasteiger partial charge in [0, 0.05) is 17.2 Å². The van der Waals surface area contributed by atoms with Crippen molar-refractivity contribution in [1.29, 1.82) is 0 Å². The van der Waals surface area contributed by atoms with Gasteiger partial charge in [0.15, 0.2) is 6.61 Å². The summed E-state index contributed by atoms with van der Waals surface area (Å²) in [4.78, 5) is 11.7. The second kappa shape index (κ2) is 8.56. The molecule has 0 heterocycles. The monoisotopic (exact) mass is 350 g/mol. The zero-order valence-corrected chi connectivity index (χ0v) is 14.1. The van der Waals surface area contributed by atoms with Gasteiger partial charge in [0.1, 0.15) is 5.75 Å². The lowest BCUT2D eigenvalue weighted by atomic mass is 10.1. The van der Waals surface area contributed by atoms with E-state index in [9.17, 15) is 4.79 Å². The maximum Gasteiger partial charge on any atom is 0.277 e. The molecule has 2 aromatic carbocycles. The van der Waals surface area contributed by atoms with Crippen molar-refractivity contribution in [3.8, 4) is 5.75 Å². The molecule has 0 saturated heterocycles. The lowest BCUT2D eigenvalue weighted by Gasteiger charge is -2.07. The number of carbonyl (C=O) groups is 1. The number of hydrazone groups is 1. The van der Waals surface area contributed by atoms with Crippen LogP contribution in [-0.4, -0.2) is 18.2 Å². The summed E-state index contributed by atoms with van der Waals surface area (Å²) in [5.74, 6) is 0.0413. The van der Waals surface area contributed by atoms with Crippen LogP contribution >= 0.6 is 23.2 Å². The Bertz CT molecular complexity index is 703. The number of carbonyl (C=O) groups excluding carboxylic acids is 1. The molecule has 0 aliphatic rings. The van der Waals surface area contributed by atoms with E-state index in [4.69, 9.17) is 27.9 Å². The second-order valence-electron chi connectivity index (χ2n) is 4.91. The zero-order valence-electron chi connectivity index (χ0n) is 12.6. The second-order valence-corrected chi connectivity index (χ2v) is 5.75. The molecule has 0 saturated carbocycles. The average Bonchev–Trinajstić information content (AvgIpc) is 2.53. The van der Waals surface area contributed by atoms with Crippen LogP contribution in [0.25, 0.3) is 0 Å². The van der Waals surface area contributed by atoms with Crippen molar-refractivity contribution in [3.63, 3.8) is 0 Å². The standard InChI is InChI=1S/C17H16Cl2N2O2/c1-12(9-13-5-3-2-4-6-13)20-21-17(22)11-23-16-8-7-14(18)10-15(16)19/h2-8,10H,9,11H2,1H3,(H,21,22)/b20-12+. The van der Waals surface area contributed by atoms with E-state index in [0.717, 1.165) is 11.3 Å². The van der Waals surface area contributed by atoms with Gasteiger partial charge in [-0.25, -0.2) is 5.43 Å². The normalized spacial score (nSPS) is 11.2. The Hall–Kier alpha value is -2.04. The molecule has 6 heteroatoms. The maximum absolute atomic E-state index is 11.7. The molecule has 0 atom stereocenters. The summed E-state index contributed by atoms with van der Waals surface area (Å²) in [5.41, 5.74) is 4.39. The molecule has 0 radical (unpaired) electrons. The summed E-state index contributed by atoms with van der Waals surface area (Å²) in [6, 6.07) is 14.7. The molecule has 0 aromatic heterocycles. The van der Waals surface area contributed by atoms with Crippen LogP contribution in [0.5, 0.6) is 5.75 Å². The van der Waals surface area contributed by atoms with Gasteiger partial charge in [0.05, 0.1) is 5.02 Å². The van der Waals surface area contributed by atoms with Gasteiger partial charge in [0.2, 0.25) is 0 Å². The summed E-state index contributed by atoms with van der Waals surface area (Å²) < 4.78 is 5.33. The first-order valence-electron chi connectivity index (χ1n) is 6.98. The summed E-state index contributed by atoms with van der Waals surface area (Å²) in [5, 5.41) is 4.91. The van der Waals surface area contributed by atoms with Crippen molar-refractivity contribution in [1.82, 2.24) is 5.43 Å². The fourth-order valence-corrected chi connectivity index (χ4v) is 2.32. The lowest BCUT2D eigenvalue weighted by Crippen LogP contribution is -2.25. The minimum atomic E-state index is -0.358. The number of amides is 1. The zero-order chi connectivity index (χ0) is 16.7. The first kappa shape index (κ1) is 17.3. The van der Waals surface area contributed by atoms with Crippen LogP contribution in [-0.2, 0) is 11.2 Å². The van der Waals surface area contributed by atoms with Gasteiger partial charge in [-0.1, -0.05) is 53.5 Å². The number of benzene rings is 2. The highest BCUT2D eigenvalue weighted by atomic mass is 35.5. The first-order chi connectivity index (χ1) is 11.0. The molecule has 4 nitrogen and oxygen atoms in total. The number of rotatable bonds is 6. The number of nitrogens with zero attached hydrogens (tertiary/aromatic N) is 1.